The number of nitrogen functional groups attached to an aromatic ring is 1. The Morgan fingerprint density at radius 3 is 3.06 bits per heavy atom. The van der Waals surface area contributed by atoms with Crippen LogP contribution in [0.4, 0.5) is 5.95 Å². The van der Waals surface area contributed by atoms with Crippen LogP contribution in [0.5, 0.6) is 0 Å². The van der Waals surface area contributed by atoms with Gasteiger partial charge in [0.2, 0.25) is 11.9 Å². The van der Waals surface area contributed by atoms with E-state index in [1.165, 1.54) is 6.92 Å². The lowest BCUT2D eigenvalue weighted by atomic mass is 10.3. The molecule has 2 aromatic rings. The highest BCUT2D eigenvalue weighted by atomic mass is 16.1. The van der Waals surface area contributed by atoms with Gasteiger partial charge in [0.05, 0.1) is 0 Å². The van der Waals surface area contributed by atoms with Gasteiger partial charge < -0.3 is 11.1 Å². The summed E-state index contributed by atoms with van der Waals surface area (Å²) in [6.45, 7) is 4.52. The van der Waals surface area contributed by atoms with Gasteiger partial charge in [0.15, 0.2) is 5.65 Å². The number of imidazole rings is 1. The van der Waals surface area contributed by atoms with E-state index in [0.717, 1.165) is 16.7 Å². The van der Waals surface area contributed by atoms with Crippen molar-refractivity contribution >= 4 is 23.0 Å². The van der Waals surface area contributed by atoms with Crippen LogP contribution >= 0.6 is 0 Å². The van der Waals surface area contributed by atoms with E-state index >= 15 is 0 Å². The third-order valence-electron chi connectivity index (χ3n) is 2.46. The molecular weight excluding hydrogens is 218 g/mol. The molecule has 0 saturated heterocycles. The summed E-state index contributed by atoms with van der Waals surface area (Å²) in [5.41, 5.74) is 8.40. The number of aryl methyl sites for hydroxylation is 1. The van der Waals surface area contributed by atoms with Gasteiger partial charge >= 0.3 is 0 Å². The van der Waals surface area contributed by atoms with E-state index in [9.17, 15) is 4.79 Å². The molecule has 6 nitrogen and oxygen atoms in total. The summed E-state index contributed by atoms with van der Waals surface area (Å²) in [5.74, 6) is 0.361. The third-order valence-corrected chi connectivity index (χ3v) is 2.46. The predicted molar refractivity (Wildman–Crippen MR) is 65.4 cm³/mol. The highest BCUT2D eigenvalue weighted by Gasteiger charge is 2.08. The second kappa shape index (κ2) is 4.40. The Morgan fingerprint density at radius 2 is 2.35 bits per heavy atom. The second-order valence-electron chi connectivity index (χ2n) is 3.96. The minimum atomic E-state index is -0.0585. The maximum absolute atomic E-state index is 10.8. The molecule has 2 aromatic heterocycles. The molecule has 0 aromatic carbocycles. The molecule has 90 valence electrons. The number of fused-ring (bicyclic) bond motifs is 1. The molecule has 17 heavy (non-hydrogen) atoms. The largest absolute Gasteiger partial charge is 0.369 e. The molecular formula is C11H15N5O. The first-order valence-electron chi connectivity index (χ1n) is 5.40. The van der Waals surface area contributed by atoms with Crippen LogP contribution in [0.3, 0.4) is 0 Å². The maximum atomic E-state index is 10.8. The van der Waals surface area contributed by atoms with Gasteiger partial charge in [0, 0.05) is 26.2 Å². The lowest BCUT2D eigenvalue weighted by Gasteiger charge is -2.06. The van der Waals surface area contributed by atoms with E-state index in [1.54, 1.807) is 10.8 Å². The van der Waals surface area contributed by atoms with Crippen LogP contribution in [0.25, 0.3) is 11.2 Å². The smallest absolute Gasteiger partial charge is 0.216 e. The fourth-order valence-corrected chi connectivity index (χ4v) is 1.69. The van der Waals surface area contributed by atoms with Crippen LogP contribution in [-0.4, -0.2) is 27.0 Å². The Morgan fingerprint density at radius 1 is 1.59 bits per heavy atom. The highest BCUT2D eigenvalue weighted by molar-refractivity contribution is 5.75. The van der Waals surface area contributed by atoms with Crippen LogP contribution < -0.4 is 11.1 Å². The third kappa shape index (κ3) is 2.35. The number of carbonyl (C=O) groups excluding carboxylic acids is 1. The molecule has 0 atom stereocenters. The average Bonchev–Trinajstić information content (AvgIpc) is 2.54. The molecule has 6 heteroatoms. The molecule has 0 aliphatic rings. The van der Waals surface area contributed by atoms with Gasteiger partial charge in [-0.3, -0.25) is 9.36 Å². The first-order chi connectivity index (χ1) is 8.08. The minimum Gasteiger partial charge on any atom is -0.369 e. The number of hydrogen-bond acceptors (Lipinski definition) is 4. The van der Waals surface area contributed by atoms with Crippen molar-refractivity contribution in [2.75, 3.05) is 12.3 Å². The van der Waals surface area contributed by atoms with Crippen LogP contribution in [-0.2, 0) is 11.3 Å². The number of hydrogen-bond donors (Lipinski definition) is 2. The van der Waals surface area contributed by atoms with Gasteiger partial charge in [0.25, 0.3) is 0 Å². The number of amides is 1. The highest BCUT2D eigenvalue weighted by Crippen LogP contribution is 2.15. The number of pyridine rings is 1. The fourth-order valence-electron chi connectivity index (χ4n) is 1.69. The number of nitrogens with one attached hydrogen (secondary N) is 1. The molecule has 3 N–H and O–H groups in total. The Hall–Kier alpha value is -2.11. The van der Waals surface area contributed by atoms with Crippen molar-refractivity contribution in [1.82, 2.24) is 19.9 Å². The lowest BCUT2D eigenvalue weighted by molar-refractivity contribution is -0.118. The quantitative estimate of drug-likeness (QED) is 0.806. The predicted octanol–water partition coefficient (Wildman–Crippen LogP) is 0.458. The summed E-state index contributed by atoms with van der Waals surface area (Å²) in [4.78, 5) is 19.3. The van der Waals surface area contributed by atoms with E-state index in [-0.39, 0.29) is 5.91 Å². The lowest BCUT2D eigenvalue weighted by Crippen LogP contribution is -2.25. The fraction of sp³-hybridized carbons (Fsp3) is 0.364. The van der Waals surface area contributed by atoms with Gasteiger partial charge in [-0.15, -0.1) is 0 Å². The van der Waals surface area contributed by atoms with Crippen molar-refractivity contribution in [2.24, 2.45) is 0 Å². The molecule has 0 spiro atoms. The van der Waals surface area contributed by atoms with Crippen LogP contribution in [0.15, 0.2) is 12.3 Å². The van der Waals surface area contributed by atoms with Crippen molar-refractivity contribution in [3.05, 3.63) is 17.8 Å². The monoisotopic (exact) mass is 233 g/mol. The summed E-state index contributed by atoms with van der Waals surface area (Å²) in [6, 6.07) is 1.94. The SMILES string of the molecule is CC(=O)NCCn1c(N)nc2cc(C)cnc21. The van der Waals surface area contributed by atoms with Gasteiger partial charge in [0.1, 0.15) is 5.52 Å². The molecule has 0 saturated carbocycles. The second-order valence-corrected chi connectivity index (χ2v) is 3.96. The number of aromatic nitrogens is 3. The van der Waals surface area contributed by atoms with Crippen LogP contribution in [0.2, 0.25) is 0 Å². The molecule has 1 amide bonds. The normalized spacial score (nSPS) is 10.7. The zero-order valence-electron chi connectivity index (χ0n) is 9.90. The zero-order valence-corrected chi connectivity index (χ0v) is 9.90. The van der Waals surface area contributed by atoms with Crippen LogP contribution in [0.1, 0.15) is 12.5 Å². The van der Waals surface area contributed by atoms with Crippen molar-refractivity contribution < 1.29 is 4.79 Å². The molecule has 0 fully saturated rings. The van der Waals surface area contributed by atoms with Gasteiger partial charge in [-0.05, 0) is 18.6 Å². The van der Waals surface area contributed by atoms with E-state index in [2.05, 4.69) is 15.3 Å². The van der Waals surface area contributed by atoms with Crippen molar-refractivity contribution in [2.45, 2.75) is 20.4 Å². The Balaban J connectivity index is 2.27. The zero-order chi connectivity index (χ0) is 12.4. The average molecular weight is 233 g/mol. The molecule has 0 unspecified atom stereocenters. The van der Waals surface area contributed by atoms with Gasteiger partial charge in [-0.25, -0.2) is 9.97 Å². The number of nitrogens with two attached hydrogens (primary N) is 1. The molecule has 0 aliphatic carbocycles. The molecule has 2 rings (SSSR count). The number of anilines is 1. The van der Waals surface area contributed by atoms with E-state index in [0.29, 0.717) is 19.0 Å². The molecule has 0 radical (unpaired) electrons. The molecule has 2 heterocycles. The Labute approximate surface area is 98.8 Å². The van der Waals surface area contributed by atoms with Gasteiger partial charge in [-0.1, -0.05) is 0 Å². The summed E-state index contributed by atoms with van der Waals surface area (Å²) >= 11 is 0. The number of nitrogens with zero attached hydrogens (tertiary/aromatic N) is 3. The number of carbonyl (C=O) groups is 1. The topological polar surface area (TPSA) is 85.8 Å². The minimum absolute atomic E-state index is 0.0585. The summed E-state index contributed by atoms with van der Waals surface area (Å²) in [7, 11) is 0. The maximum Gasteiger partial charge on any atom is 0.216 e. The molecule has 0 bridgehead atoms. The van der Waals surface area contributed by atoms with Crippen molar-refractivity contribution in [3.63, 3.8) is 0 Å². The first-order valence-corrected chi connectivity index (χ1v) is 5.40. The summed E-state index contributed by atoms with van der Waals surface area (Å²) in [5, 5.41) is 2.72. The first kappa shape index (κ1) is 11.4. The van der Waals surface area contributed by atoms with E-state index in [1.807, 2.05) is 13.0 Å². The Bertz CT molecular complexity index is 560. The summed E-state index contributed by atoms with van der Waals surface area (Å²) < 4.78 is 1.80. The number of rotatable bonds is 3. The van der Waals surface area contributed by atoms with Crippen molar-refractivity contribution in [3.8, 4) is 0 Å². The van der Waals surface area contributed by atoms with Gasteiger partial charge in [-0.2, -0.15) is 0 Å². The van der Waals surface area contributed by atoms with Crippen molar-refractivity contribution in [1.29, 1.82) is 0 Å². The van der Waals surface area contributed by atoms with Crippen LogP contribution in [0, 0.1) is 6.92 Å². The standard InChI is InChI=1S/C11H15N5O/c1-7-5-9-10(14-6-7)16(11(12)15-9)4-3-13-8(2)17/h5-6H,3-4H2,1-2H3,(H2,12,15)(H,13,17). The van der Waals surface area contributed by atoms with E-state index < -0.39 is 0 Å². The van der Waals surface area contributed by atoms with E-state index in [4.69, 9.17) is 5.73 Å². The summed E-state index contributed by atoms with van der Waals surface area (Å²) in [6.07, 6.45) is 1.78. The Kier molecular flexibility index (Phi) is 2.95. The molecule has 0 aliphatic heterocycles.